The predicted molar refractivity (Wildman–Crippen MR) is 124 cm³/mol. The first-order valence-electron chi connectivity index (χ1n) is 10.3. The van der Waals surface area contributed by atoms with Crippen LogP contribution in [0, 0.1) is 0 Å². The monoisotopic (exact) mass is 441 g/mol. The molecule has 0 unspecified atom stereocenters. The molecule has 3 aromatic rings. The lowest BCUT2D eigenvalue weighted by Crippen LogP contribution is -2.37. The van der Waals surface area contributed by atoms with Gasteiger partial charge in [-0.15, -0.1) is 0 Å². The lowest BCUT2D eigenvalue weighted by atomic mass is 10.2. The van der Waals surface area contributed by atoms with Gasteiger partial charge in [0.25, 0.3) is 0 Å². The predicted octanol–water partition coefficient (Wildman–Crippen LogP) is 5.27. The van der Waals surface area contributed by atoms with Gasteiger partial charge in [0.1, 0.15) is 5.75 Å². The first-order valence-corrected chi connectivity index (χ1v) is 10.6. The van der Waals surface area contributed by atoms with Crippen molar-refractivity contribution in [2.75, 3.05) is 32.2 Å². The third-order valence-electron chi connectivity index (χ3n) is 4.80. The summed E-state index contributed by atoms with van der Waals surface area (Å²) in [6.45, 7) is 4.46. The van der Waals surface area contributed by atoms with Crippen LogP contribution in [0.1, 0.15) is 18.2 Å². The largest absolute Gasteiger partial charge is 0.492 e. The number of methoxy groups -OCH3 is 1. The number of hydrogen-bond acceptors (Lipinski definition) is 3. The van der Waals surface area contributed by atoms with E-state index in [9.17, 15) is 4.79 Å². The number of carbonyl (C=O) groups excluding carboxylic acids is 1. The fourth-order valence-corrected chi connectivity index (χ4v) is 3.49. The van der Waals surface area contributed by atoms with Crippen molar-refractivity contribution in [3.8, 4) is 5.75 Å². The maximum atomic E-state index is 13.1. The van der Waals surface area contributed by atoms with Crippen LogP contribution in [-0.4, -0.2) is 42.4 Å². The highest BCUT2D eigenvalue weighted by atomic mass is 35.5. The van der Waals surface area contributed by atoms with E-state index in [0.29, 0.717) is 49.3 Å². The van der Waals surface area contributed by atoms with Crippen molar-refractivity contribution in [3.05, 3.63) is 83.1 Å². The molecule has 6 nitrogen and oxygen atoms in total. The molecule has 0 atom stereocenters. The molecule has 0 saturated heterocycles. The third kappa shape index (κ3) is 6.51. The fourth-order valence-electron chi connectivity index (χ4n) is 3.27. The quantitative estimate of drug-likeness (QED) is 0.466. The van der Waals surface area contributed by atoms with Gasteiger partial charge in [-0.3, -0.25) is 0 Å². The van der Waals surface area contributed by atoms with E-state index in [0.717, 1.165) is 11.3 Å². The van der Waals surface area contributed by atoms with Gasteiger partial charge < -0.3 is 24.3 Å². The molecule has 3 rings (SSSR count). The van der Waals surface area contributed by atoms with Gasteiger partial charge in [0.15, 0.2) is 0 Å². The van der Waals surface area contributed by atoms with Crippen LogP contribution in [0.15, 0.2) is 66.9 Å². The average molecular weight is 442 g/mol. The minimum absolute atomic E-state index is 0.209. The minimum Gasteiger partial charge on any atom is -0.492 e. The minimum atomic E-state index is -0.209. The van der Waals surface area contributed by atoms with Crippen molar-refractivity contribution in [2.45, 2.75) is 20.0 Å². The Bertz CT molecular complexity index is 989. The number of nitrogens with one attached hydrogen (secondary N) is 1. The molecule has 0 aliphatic carbocycles. The Balaban J connectivity index is 1.75. The smallest absolute Gasteiger partial charge is 0.322 e. The molecule has 164 valence electrons. The van der Waals surface area contributed by atoms with E-state index >= 15 is 0 Å². The van der Waals surface area contributed by atoms with Crippen LogP contribution in [0.2, 0.25) is 5.02 Å². The Morgan fingerprint density at radius 2 is 1.97 bits per heavy atom. The molecular weight excluding hydrogens is 414 g/mol. The average Bonchev–Trinajstić information content (AvgIpc) is 3.19. The lowest BCUT2D eigenvalue weighted by Gasteiger charge is -2.24. The highest BCUT2D eigenvalue weighted by Crippen LogP contribution is 2.24. The third-order valence-corrected chi connectivity index (χ3v) is 5.03. The first-order chi connectivity index (χ1) is 15.1. The zero-order valence-electron chi connectivity index (χ0n) is 17.9. The standard InChI is InChI=1S/C24H28ClN3O3/c1-3-31-23-12-5-4-11-22(23)26-24(29)28(14-15-30-2)18-21-10-7-13-27(21)17-19-8-6-9-20(25)16-19/h4-13,16H,3,14-15,17-18H2,1-2H3,(H,26,29). The van der Waals surface area contributed by atoms with Crippen molar-refractivity contribution in [1.82, 2.24) is 9.47 Å². The fraction of sp³-hybridized carbons (Fsp3) is 0.292. The molecule has 0 aliphatic rings. The van der Waals surface area contributed by atoms with E-state index in [-0.39, 0.29) is 6.03 Å². The number of amides is 2. The first kappa shape index (κ1) is 22.7. The van der Waals surface area contributed by atoms with Crippen LogP contribution in [0.25, 0.3) is 0 Å². The van der Waals surface area contributed by atoms with Gasteiger partial charge in [-0.1, -0.05) is 35.9 Å². The number of anilines is 1. The number of carbonyl (C=O) groups is 1. The number of para-hydroxylation sites is 2. The van der Waals surface area contributed by atoms with Crippen molar-refractivity contribution >= 4 is 23.3 Å². The van der Waals surface area contributed by atoms with Gasteiger partial charge in [0.2, 0.25) is 0 Å². The Kier molecular flexibility index (Phi) is 8.38. The SMILES string of the molecule is CCOc1ccccc1NC(=O)N(CCOC)Cc1cccn1Cc1cccc(Cl)c1. The molecule has 2 amide bonds. The molecule has 1 heterocycles. The summed E-state index contributed by atoms with van der Waals surface area (Å²) in [5, 5.41) is 3.68. The molecule has 2 aromatic carbocycles. The molecule has 0 bridgehead atoms. The molecule has 0 fully saturated rings. The summed E-state index contributed by atoms with van der Waals surface area (Å²) in [5.74, 6) is 0.648. The van der Waals surface area contributed by atoms with E-state index in [4.69, 9.17) is 21.1 Å². The molecule has 0 aliphatic heterocycles. The maximum Gasteiger partial charge on any atom is 0.322 e. The Labute approximate surface area is 188 Å². The topological polar surface area (TPSA) is 55.7 Å². The summed E-state index contributed by atoms with van der Waals surface area (Å²) >= 11 is 6.13. The molecule has 0 saturated carbocycles. The van der Waals surface area contributed by atoms with E-state index in [2.05, 4.69) is 9.88 Å². The van der Waals surface area contributed by atoms with Crippen LogP contribution in [0.4, 0.5) is 10.5 Å². The van der Waals surface area contributed by atoms with Gasteiger partial charge in [-0.05, 0) is 48.9 Å². The summed E-state index contributed by atoms with van der Waals surface area (Å²) in [4.78, 5) is 14.8. The highest BCUT2D eigenvalue weighted by molar-refractivity contribution is 6.30. The molecule has 0 spiro atoms. The Hall–Kier alpha value is -2.96. The zero-order chi connectivity index (χ0) is 22.1. The summed E-state index contributed by atoms with van der Waals surface area (Å²) in [6, 6.07) is 19.0. The van der Waals surface area contributed by atoms with Crippen LogP contribution in [-0.2, 0) is 17.8 Å². The van der Waals surface area contributed by atoms with Gasteiger partial charge in [-0.25, -0.2) is 4.79 Å². The summed E-state index contributed by atoms with van der Waals surface area (Å²) in [7, 11) is 1.63. The number of ether oxygens (including phenoxy) is 2. The molecule has 31 heavy (non-hydrogen) atoms. The van der Waals surface area contributed by atoms with Crippen molar-refractivity contribution in [1.29, 1.82) is 0 Å². The Morgan fingerprint density at radius 3 is 2.74 bits per heavy atom. The van der Waals surface area contributed by atoms with Crippen LogP contribution in [0.5, 0.6) is 5.75 Å². The number of halogens is 1. The number of nitrogens with zero attached hydrogens (tertiary/aromatic N) is 2. The molecule has 7 heteroatoms. The summed E-state index contributed by atoms with van der Waals surface area (Å²) in [6.07, 6.45) is 2.01. The number of rotatable bonds is 10. The number of benzene rings is 2. The summed E-state index contributed by atoms with van der Waals surface area (Å²) < 4.78 is 13.0. The Morgan fingerprint density at radius 1 is 1.13 bits per heavy atom. The number of aromatic nitrogens is 1. The van der Waals surface area contributed by atoms with Gasteiger partial charge in [0, 0.05) is 37.1 Å². The number of hydrogen-bond donors (Lipinski definition) is 1. The van der Waals surface area contributed by atoms with Gasteiger partial charge in [0.05, 0.1) is 25.4 Å². The van der Waals surface area contributed by atoms with E-state index in [1.807, 2.05) is 73.8 Å². The molecule has 0 radical (unpaired) electrons. The van der Waals surface area contributed by atoms with Gasteiger partial charge >= 0.3 is 6.03 Å². The second-order valence-electron chi connectivity index (χ2n) is 7.03. The molecular formula is C24H28ClN3O3. The van der Waals surface area contributed by atoms with Gasteiger partial charge in [-0.2, -0.15) is 0 Å². The molecule has 1 N–H and O–H groups in total. The second-order valence-corrected chi connectivity index (χ2v) is 7.47. The van der Waals surface area contributed by atoms with Crippen LogP contribution >= 0.6 is 11.6 Å². The molecule has 1 aromatic heterocycles. The second kappa shape index (κ2) is 11.4. The maximum absolute atomic E-state index is 13.1. The highest BCUT2D eigenvalue weighted by Gasteiger charge is 2.17. The van der Waals surface area contributed by atoms with Crippen LogP contribution in [0.3, 0.4) is 0 Å². The lowest BCUT2D eigenvalue weighted by molar-refractivity contribution is 0.151. The van der Waals surface area contributed by atoms with Crippen molar-refractivity contribution in [3.63, 3.8) is 0 Å². The zero-order valence-corrected chi connectivity index (χ0v) is 18.6. The van der Waals surface area contributed by atoms with Crippen LogP contribution < -0.4 is 10.1 Å². The van der Waals surface area contributed by atoms with E-state index < -0.39 is 0 Å². The normalized spacial score (nSPS) is 10.7. The van der Waals surface area contributed by atoms with E-state index in [1.54, 1.807) is 12.0 Å². The van der Waals surface area contributed by atoms with Crippen molar-refractivity contribution in [2.24, 2.45) is 0 Å². The van der Waals surface area contributed by atoms with Crippen molar-refractivity contribution < 1.29 is 14.3 Å². The summed E-state index contributed by atoms with van der Waals surface area (Å²) in [5.41, 5.74) is 2.76. The van der Waals surface area contributed by atoms with E-state index in [1.165, 1.54) is 0 Å². The number of urea groups is 1.